The number of benzene rings is 1. The van der Waals surface area contributed by atoms with E-state index in [-0.39, 0.29) is 54.9 Å². The van der Waals surface area contributed by atoms with Crippen LogP contribution in [0.2, 0.25) is 0 Å². The second kappa shape index (κ2) is 13.3. The van der Waals surface area contributed by atoms with Gasteiger partial charge in [-0.15, -0.1) is 24.0 Å². The van der Waals surface area contributed by atoms with Gasteiger partial charge in [0.05, 0.1) is 18.7 Å². The summed E-state index contributed by atoms with van der Waals surface area (Å²) in [6, 6.07) is 4.31. The number of aliphatic hydroxyl groups is 2. The van der Waals surface area contributed by atoms with Gasteiger partial charge in [0.25, 0.3) is 0 Å². The maximum absolute atomic E-state index is 12.6. The number of hydrogen-bond donors (Lipinski definition) is 4. The molecular formula is C20H31F3IN3O4. The number of halogens is 4. The zero-order chi connectivity index (χ0) is 22.0. The number of nitrogens with one attached hydrogen (secondary N) is 2. The van der Waals surface area contributed by atoms with Crippen LogP contribution < -0.4 is 15.4 Å². The van der Waals surface area contributed by atoms with Gasteiger partial charge >= 0.3 is 6.18 Å². The summed E-state index contributed by atoms with van der Waals surface area (Å²) in [6.45, 7) is 4.39. The number of ether oxygens (including phenoxy) is 2. The third-order valence-corrected chi connectivity index (χ3v) is 4.87. The van der Waals surface area contributed by atoms with Crippen LogP contribution in [0.1, 0.15) is 25.3 Å². The number of aliphatic hydroxyl groups excluding tert-OH is 2. The largest absolute Gasteiger partial charge is 0.491 e. The molecule has 2 rings (SSSR count). The van der Waals surface area contributed by atoms with Crippen molar-refractivity contribution in [1.82, 2.24) is 10.6 Å². The third-order valence-electron chi connectivity index (χ3n) is 4.87. The fourth-order valence-corrected chi connectivity index (χ4v) is 3.08. The van der Waals surface area contributed by atoms with Crippen molar-refractivity contribution in [2.24, 2.45) is 10.4 Å². The van der Waals surface area contributed by atoms with Gasteiger partial charge in [-0.05, 0) is 44.0 Å². The summed E-state index contributed by atoms with van der Waals surface area (Å²) in [5.74, 6) is 0.769. The lowest BCUT2D eigenvalue weighted by atomic mass is 9.84. The predicted octanol–water partition coefficient (Wildman–Crippen LogP) is 2.41. The van der Waals surface area contributed by atoms with Gasteiger partial charge in [0, 0.05) is 31.7 Å². The molecule has 2 unspecified atom stereocenters. The van der Waals surface area contributed by atoms with E-state index in [2.05, 4.69) is 15.6 Å². The highest BCUT2D eigenvalue weighted by atomic mass is 127. The quantitative estimate of drug-likeness (QED) is 0.199. The maximum Gasteiger partial charge on any atom is 0.416 e. The van der Waals surface area contributed by atoms with Crippen molar-refractivity contribution < 1.29 is 32.9 Å². The smallest absolute Gasteiger partial charge is 0.416 e. The van der Waals surface area contributed by atoms with Gasteiger partial charge in [0.1, 0.15) is 18.5 Å². The van der Waals surface area contributed by atoms with Crippen LogP contribution >= 0.6 is 24.0 Å². The van der Waals surface area contributed by atoms with E-state index < -0.39 is 17.8 Å². The summed E-state index contributed by atoms with van der Waals surface area (Å²) in [4.78, 5) is 4.55. The first kappa shape index (κ1) is 27.7. The van der Waals surface area contributed by atoms with Gasteiger partial charge in [-0.2, -0.15) is 13.2 Å². The van der Waals surface area contributed by atoms with Crippen LogP contribution in [-0.4, -0.2) is 68.3 Å². The first-order chi connectivity index (χ1) is 14.3. The molecule has 1 saturated heterocycles. The van der Waals surface area contributed by atoms with E-state index in [4.69, 9.17) is 9.47 Å². The zero-order valence-corrected chi connectivity index (χ0v) is 19.8. The van der Waals surface area contributed by atoms with Crippen LogP contribution in [-0.2, 0) is 10.9 Å². The van der Waals surface area contributed by atoms with Crippen LogP contribution in [0.4, 0.5) is 13.2 Å². The Hall–Kier alpha value is -1.31. The molecule has 1 aliphatic heterocycles. The van der Waals surface area contributed by atoms with Crippen LogP contribution in [0, 0.1) is 5.41 Å². The Labute approximate surface area is 197 Å². The topological polar surface area (TPSA) is 95.3 Å². The lowest BCUT2D eigenvalue weighted by molar-refractivity contribution is -0.137. The summed E-state index contributed by atoms with van der Waals surface area (Å²) in [5.41, 5.74) is -0.934. The highest BCUT2D eigenvalue weighted by molar-refractivity contribution is 14.0. The molecule has 0 aromatic heterocycles. The van der Waals surface area contributed by atoms with Crippen LogP contribution in [0.5, 0.6) is 5.75 Å². The van der Waals surface area contributed by atoms with E-state index >= 15 is 0 Å². The molecule has 0 amide bonds. The standard InChI is InChI=1S/C20H30F3N3O4.HI/c1-2-24-18(26-13-19(7-9-27)8-10-29-14-19)25-11-16(28)12-30-17-5-3-15(4-6-17)20(21,22)23;/h3-6,16,27-28H,2,7-14H2,1H3,(H2,24,25,26);1H. The molecule has 0 bridgehead atoms. The van der Waals surface area contributed by atoms with Crippen molar-refractivity contribution in [2.75, 3.05) is 46.1 Å². The Balaban J connectivity index is 0.00000480. The second-order valence-corrected chi connectivity index (χ2v) is 7.34. The third kappa shape index (κ3) is 9.38. The van der Waals surface area contributed by atoms with E-state index in [0.717, 1.165) is 18.6 Å². The van der Waals surface area contributed by atoms with Crippen LogP contribution in [0.25, 0.3) is 0 Å². The Morgan fingerprint density at radius 1 is 1.29 bits per heavy atom. The molecule has 1 aromatic rings. The fraction of sp³-hybridized carbons (Fsp3) is 0.650. The molecule has 1 aliphatic rings. The molecule has 1 heterocycles. The summed E-state index contributed by atoms with van der Waals surface area (Å²) < 4.78 is 48.5. The van der Waals surface area contributed by atoms with Gasteiger partial charge in [-0.25, -0.2) is 0 Å². The Bertz CT molecular complexity index is 669. The summed E-state index contributed by atoms with van der Waals surface area (Å²) >= 11 is 0. The molecule has 0 radical (unpaired) electrons. The number of rotatable bonds is 10. The number of guanidine groups is 1. The van der Waals surface area contributed by atoms with Crippen LogP contribution in [0.15, 0.2) is 29.3 Å². The lowest BCUT2D eigenvalue weighted by Gasteiger charge is -2.25. The summed E-state index contributed by atoms with van der Waals surface area (Å²) in [5, 5.41) is 25.5. The minimum atomic E-state index is -4.40. The average Bonchev–Trinajstić information content (AvgIpc) is 3.17. The molecule has 7 nitrogen and oxygen atoms in total. The number of hydrogen-bond acceptors (Lipinski definition) is 5. The van der Waals surface area contributed by atoms with Crippen LogP contribution in [0.3, 0.4) is 0 Å². The molecule has 178 valence electrons. The summed E-state index contributed by atoms with van der Waals surface area (Å²) in [6.07, 6.45) is -3.85. The average molecular weight is 561 g/mol. The molecule has 0 saturated carbocycles. The molecule has 0 aliphatic carbocycles. The molecular weight excluding hydrogens is 530 g/mol. The van der Waals surface area contributed by atoms with E-state index in [9.17, 15) is 23.4 Å². The lowest BCUT2D eigenvalue weighted by Crippen LogP contribution is -2.43. The Morgan fingerprint density at radius 3 is 2.55 bits per heavy atom. The molecule has 0 spiro atoms. The minimum Gasteiger partial charge on any atom is -0.491 e. The first-order valence-electron chi connectivity index (χ1n) is 9.97. The monoisotopic (exact) mass is 561 g/mol. The van der Waals surface area contributed by atoms with Crippen molar-refractivity contribution in [3.05, 3.63) is 29.8 Å². The predicted molar refractivity (Wildman–Crippen MR) is 122 cm³/mol. The first-order valence-corrected chi connectivity index (χ1v) is 9.97. The normalized spacial score (nSPS) is 20.1. The summed E-state index contributed by atoms with van der Waals surface area (Å²) in [7, 11) is 0. The molecule has 31 heavy (non-hydrogen) atoms. The van der Waals surface area contributed by atoms with Gasteiger partial charge in [-0.3, -0.25) is 4.99 Å². The van der Waals surface area contributed by atoms with Crippen molar-refractivity contribution in [1.29, 1.82) is 0 Å². The van der Waals surface area contributed by atoms with E-state index in [0.29, 0.717) is 38.7 Å². The molecule has 1 aromatic carbocycles. The molecule has 11 heteroatoms. The number of aliphatic imine (C=N–C) groups is 1. The van der Waals surface area contributed by atoms with Gasteiger partial charge in [-0.1, -0.05) is 0 Å². The molecule has 2 atom stereocenters. The van der Waals surface area contributed by atoms with E-state index in [1.54, 1.807) is 0 Å². The minimum absolute atomic E-state index is 0. The van der Waals surface area contributed by atoms with Crippen molar-refractivity contribution in [2.45, 2.75) is 32.0 Å². The number of alkyl halides is 3. The second-order valence-electron chi connectivity index (χ2n) is 7.34. The number of nitrogens with zero attached hydrogens (tertiary/aromatic N) is 1. The Kier molecular flexibility index (Phi) is 11.9. The van der Waals surface area contributed by atoms with E-state index in [1.807, 2.05) is 6.92 Å². The van der Waals surface area contributed by atoms with Crippen molar-refractivity contribution >= 4 is 29.9 Å². The fourth-order valence-electron chi connectivity index (χ4n) is 3.08. The van der Waals surface area contributed by atoms with Gasteiger partial charge in [0.15, 0.2) is 5.96 Å². The Morgan fingerprint density at radius 2 is 2.00 bits per heavy atom. The van der Waals surface area contributed by atoms with Crippen molar-refractivity contribution in [3.63, 3.8) is 0 Å². The highest BCUT2D eigenvalue weighted by Crippen LogP contribution is 2.32. The zero-order valence-electron chi connectivity index (χ0n) is 17.5. The SMILES string of the molecule is CCNC(=NCC1(CCO)CCOC1)NCC(O)COc1ccc(C(F)(F)F)cc1.I. The molecule has 4 N–H and O–H groups in total. The highest BCUT2D eigenvalue weighted by Gasteiger charge is 2.34. The maximum atomic E-state index is 12.6. The van der Waals surface area contributed by atoms with Gasteiger partial charge < -0.3 is 30.3 Å². The van der Waals surface area contributed by atoms with E-state index in [1.165, 1.54) is 12.1 Å². The van der Waals surface area contributed by atoms with Crippen molar-refractivity contribution in [3.8, 4) is 5.75 Å². The van der Waals surface area contributed by atoms with Gasteiger partial charge in [0.2, 0.25) is 0 Å². The molecule has 1 fully saturated rings.